The van der Waals surface area contributed by atoms with Crippen molar-refractivity contribution in [1.29, 1.82) is 0 Å². The molecule has 0 aromatic carbocycles. The van der Waals surface area contributed by atoms with Gasteiger partial charge in [0, 0.05) is 7.05 Å². The molecule has 4 nitrogen and oxygen atoms in total. The van der Waals surface area contributed by atoms with Gasteiger partial charge in [-0.25, -0.2) is 0 Å². The van der Waals surface area contributed by atoms with Crippen LogP contribution in [-0.2, 0) is 7.05 Å². The molecule has 2 rings (SSSR count). The van der Waals surface area contributed by atoms with Gasteiger partial charge in [-0.2, -0.15) is 4.98 Å². The molecule has 19 heavy (non-hydrogen) atoms. The summed E-state index contributed by atoms with van der Waals surface area (Å²) in [7, 11) is 1.76. The molecule has 1 heterocycles. The van der Waals surface area contributed by atoms with Gasteiger partial charge in [-0.05, 0) is 25.7 Å². The van der Waals surface area contributed by atoms with E-state index in [4.69, 9.17) is 0 Å². The highest BCUT2D eigenvalue weighted by Gasteiger charge is 2.22. The summed E-state index contributed by atoms with van der Waals surface area (Å²) >= 11 is 0. The monoisotopic (exact) mass is 264 g/mol. The Morgan fingerprint density at radius 3 is 2.21 bits per heavy atom. The second-order valence-corrected chi connectivity index (χ2v) is 5.66. The molecule has 1 N–H and O–H groups in total. The van der Waals surface area contributed by atoms with Gasteiger partial charge in [-0.1, -0.05) is 38.5 Å². The highest BCUT2D eigenvalue weighted by Crippen LogP contribution is 2.32. The minimum atomic E-state index is -0.239. The SMILES string of the molecule is Cc1nc(=O)c(C2CCCCCCCC2)c(O)n1C. The summed E-state index contributed by atoms with van der Waals surface area (Å²) in [6.45, 7) is 1.74. The summed E-state index contributed by atoms with van der Waals surface area (Å²) in [5.41, 5.74) is 0.298. The first-order valence-electron chi connectivity index (χ1n) is 7.37. The summed E-state index contributed by atoms with van der Waals surface area (Å²) < 4.78 is 1.61. The predicted molar refractivity (Wildman–Crippen MR) is 75.6 cm³/mol. The zero-order chi connectivity index (χ0) is 13.8. The summed E-state index contributed by atoms with van der Waals surface area (Å²) in [6.07, 6.45) is 9.32. The fourth-order valence-electron chi connectivity index (χ4n) is 2.99. The largest absolute Gasteiger partial charge is 0.494 e. The van der Waals surface area contributed by atoms with Crippen LogP contribution in [0.2, 0.25) is 0 Å². The van der Waals surface area contributed by atoms with Crippen LogP contribution in [0.1, 0.15) is 68.7 Å². The van der Waals surface area contributed by atoms with Crippen LogP contribution in [0.5, 0.6) is 5.88 Å². The fourth-order valence-corrected chi connectivity index (χ4v) is 2.99. The minimum absolute atomic E-state index is 0.113. The van der Waals surface area contributed by atoms with Crippen molar-refractivity contribution >= 4 is 0 Å². The topological polar surface area (TPSA) is 55.1 Å². The van der Waals surface area contributed by atoms with Crippen LogP contribution < -0.4 is 5.56 Å². The number of aromatic hydroxyl groups is 1. The Labute approximate surface area is 114 Å². The van der Waals surface area contributed by atoms with Crippen molar-refractivity contribution < 1.29 is 5.11 Å². The molecule has 0 amide bonds. The van der Waals surface area contributed by atoms with Gasteiger partial charge < -0.3 is 9.67 Å². The third kappa shape index (κ3) is 3.17. The molecular formula is C15H24N2O2. The highest BCUT2D eigenvalue weighted by atomic mass is 16.3. The molecule has 0 atom stereocenters. The van der Waals surface area contributed by atoms with Gasteiger partial charge >= 0.3 is 0 Å². The maximum atomic E-state index is 12.1. The third-order valence-electron chi connectivity index (χ3n) is 4.30. The molecule has 1 aromatic rings. The Bertz CT molecular complexity index is 484. The van der Waals surface area contributed by atoms with Crippen molar-refractivity contribution in [3.05, 3.63) is 21.7 Å². The maximum absolute atomic E-state index is 12.1. The molecule has 0 aliphatic heterocycles. The quantitative estimate of drug-likeness (QED) is 0.848. The first kappa shape index (κ1) is 14.1. The van der Waals surface area contributed by atoms with E-state index in [9.17, 15) is 9.90 Å². The summed E-state index contributed by atoms with van der Waals surface area (Å²) in [5, 5.41) is 10.3. The third-order valence-corrected chi connectivity index (χ3v) is 4.30. The van der Waals surface area contributed by atoms with Crippen molar-refractivity contribution in [3.8, 4) is 5.88 Å². The second-order valence-electron chi connectivity index (χ2n) is 5.66. The van der Waals surface area contributed by atoms with Crippen molar-refractivity contribution in [2.45, 2.75) is 64.2 Å². The zero-order valence-electron chi connectivity index (χ0n) is 12.0. The molecule has 1 saturated carbocycles. The van der Waals surface area contributed by atoms with Crippen LogP contribution in [0.15, 0.2) is 4.79 Å². The molecule has 0 bridgehead atoms. The Kier molecular flexibility index (Phi) is 4.61. The molecule has 1 aliphatic carbocycles. The van der Waals surface area contributed by atoms with Crippen LogP contribution >= 0.6 is 0 Å². The predicted octanol–water partition coefficient (Wildman–Crippen LogP) is 3.01. The number of aromatic nitrogens is 2. The smallest absolute Gasteiger partial charge is 0.280 e. The summed E-state index contributed by atoms with van der Waals surface area (Å²) in [6, 6.07) is 0. The molecule has 1 aromatic heterocycles. The molecule has 1 aliphatic rings. The van der Waals surface area contributed by atoms with E-state index in [1.807, 2.05) is 0 Å². The lowest BCUT2D eigenvalue weighted by molar-refractivity contribution is 0.396. The van der Waals surface area contributed by atoms with Gasteiger partial charge in [0.2, 0.25) is 5.88 Å². The maximum Gasteiger partial charge on any atom is 0.280 e. The van der Waals surface area contributed by atoms with E-state index >= 15 is 0 Å². The number of rotatable bonds is 1. The Balaban J connectivity index is 2.33. The van der Waals surface area contributed by atoms with Crippen molar-refractivity contribution in [2.24, 2.45) is 7.05 Å². The van der Waals surface area contributed by atoms with Gasteiger partial charge in [0.25, 0.3) is 5.56 Å². The molecule has 0 unspecified atom stereocenters. The second kappa shape index (κ2) is 6.22. The minimum Gasteiger partial charge on any atom is -0.494 e. The average Bonchev–Trinajstić information content (AvgIpc) is 2.50. The number of hydrogen-bond acceptors (Lipinski definition) is 3. The van der Waals surface area contributed by atoms with Crippen LogP contribution in [0.25, 0.3) is 0 Å². The first-order valence-corrected chi connectivity index (χ1v) is 7.37. The highest BCUT2D eigenvalue weighted by molar-refractivity contribution is 5.28. The molecule has 106 valence electrons. The number of hydrogen-bond donors (Lipinski definition) is 1. The van der Waals surface area contributed by atoms with Gasteiger partial charge in [-0.15, -0.1) is 0 Å². The molecule has 0 saturated heterocycles. The molecule has 0 spiro atoms. The number of nitrogens with zero attached hydrogens (tertiary/aromatic N) is 2. The standard InChI is InChI=1S/C15H24N2O2/c1-11-16-14(18)13(15(19)17(11)2)12-9-7-5-3-4-6-8-10-12/h12,19H,3-10H2,1-2H3. The van der Waals surface area contributed by atoms with Gasteiger partial charge in [-0.3, -0.25) is 4.79 Å². The Morgan fingerprint density at radius 1 is 1.11 bits per heavy atom. The van der Waals surface area contributed by atoms with Crippen LogP contribution in [0, 0.1) is 6.92 Å². The zero-order valence-corrected chi connectivity index (χ0v) is 12.0. The normalized spacial score (nSPS) is 18.6. The van der Waals surface area contributed by atoms with Crippen molar-refractivity contribution in [1.82, 2.24) is 9.55 Å². The van der Waals surface area contributed by atoms with E-state index in [2.05, 4.69) is 4.98 Å². The fraction of sp³-hybridized carbons (Fsp3) is 0.733. The van der Waals surface area contributed by atoms with E-state index in [1.165, 1.54) is 25.7 Å². The van der Waals surface area contributed by atoms with Gasteiger partial charge in [0.15, 0.2) is 0 Å². The van der Waals surface area contributed by atoms with Crippen LogP contribution in [-0.4, -0.2) is 14.7 Å². The van der Waals surface area contributed by atoms with E-state index in [0.29, 0.717) is 11.4 Å². The molecule has 4 heteroatoms. The Morgan fingerprint density at radius 2 is 1.63 bits per heavy atom. The van der Waals surface area contributed by atoms with E-state index in [0.717, 1.165) is 25.7 Å². The van der Waals surface area contributed by atoms with Gasteiger partial charge in [0.1, 0.15) is 5.82 Å². The number of aryl methyl sites for hydroxylation is 1. The lowest BCUT2D eigenvalue weighted by Crippen LogP contribution is -2.22. The van der Waals surface area contributed by atoms with E-state index < -0.39 is 0 Å². The summed E-state index contributed by atoms with van der Waals surface area (Å²) in [4.78, 5) is 16.1. The average molecular weight is 264 g/mol. The molecule has 1 fully saturated rings. The van der Waals surface area contributed by atoms with Crippen molar-refractivity contribution in [2.75, 3.05) is 0 Å². The molecule has 0 radical (unpaired) electrons. The lowest BCUT2D eigenvalue weighted by Gasteiger charge is -2.18. The van der Waals surface area contributed by atoms with E-state index in [1.54, 1.807) is 18.5 Å². The lowest BCUT2D eigenvalue weighted by atomic mass is 9.90. The van der Waals surface area contributed by atoms with E-state index in [-0.39, 0.29) is 17.4 Å². The van der Waals surface area contributed by atoms with Crippen molar-refractivity contribution in [3.63, 3.8) is 0 Å². The van der Waals surface area contributed by atoms with Crippen LogP contribution in [0.3, 0.4) is 0 Å². The molecular weight excluding hydrogens is 240 g/mol. The first-order chi connectivity index (χ1) is 9.11. The van der Waals surface area contributed by atoms with Gasteiger partial charge in [0.05, 0.1) is 5.56 Å². The van der Waals surface area contributed by atoms with Crippen LogP contribution in [0.4, 0.5) is 0 Å². The Hall–Kier alpha value is -1.32. The summed E-state index contributed by atoms with van der Waals surface area (Å²) in [5.74, 6) is 0.848.